The number of halogens is 1. The first kappa shape index (κ1) is 24.8. The first-order chi connectivity index (χ1) is 16.9. The molecule has 1 aliphatic rings. The second-order valence-corrected chi connectivity index (χ2v) is 9.49. The number of thioether (sulfide) groups is 1. The average Bonchev–Trinajstić information content (AvgIpc) is 3.12. The number of benzene rings is 3. The van der Waals surface area contributed by atoms with Gasteiger partial charge >= 0.3 is 0 Å². The molecule has 1 aliphatic heterocycles. The molecule has 178 valence electrons. The third-order valence-electron chi connectivity index (χ3n) is 4.92. The summed E-state index contributed by atoms with van der Waals surface area (Å²) in [5.41, 5.74) is 4.72. The van der Waals surface area contributed by atoms with Crippen LogP contribution in [0.5, 0.6) is 11.5 Å². The van der Waals surface area contributed by atoms with Gasteiger partial charge in [-0.2, -0.15) is 5.01 Å². The van der Waals surface area contributed by atoms with Crippen LogP contribution in [0.2, 0.25) is 5.02 Å². The third kappa shape index (κ3) is 6.22. The van der Waals surface area contributed by atoms with Crippen molar-refractivity contribution < 1.29 is 19.1 Å². The Morgan fingerprint density at radius 1 is 1.06 bits per heavy atom. The largest absolute Gasteiger partial charge is 0.490 e. The number of hydrogen-bond donors (Lipinski definition) is 1. The van der Waals surface area contributed by atoms with Crippen LogP contribution in [0.15, 0.2) is 77.7 Å². The van der Waals surface area contributed by atoms with Crippen molar-refractivity contribution in [1.29, 1.82) is 0 Å². The monoisotopic (exact) mass is 524 g/mol. The average molecular weight is 525 g/mol. The molecule has 3 aromatic rings. The highest BCUT2D eigenvalue weighted by molar-refractivity contribution is 8.26. The molecule has 3 aromatic carbocycles. The van der Waals surface area contributed by atoms with Crippen LogP contribution in [0.1, 0.15) is 28.4 Å². The SMILES string of the molecule is CCOc1cc(/C=C2\SC(=S)N(NC(=O)c3ccccc3)C2=O)ccc1OCc1ccc(Cl)cc1. The van der Waals surface area contributed by atoms with E-state index in [0.717, 1.165) is 27.9 Å². The van der Waals surface area contributed by atoms with Gasteiger partial charge in [-0.25, -0.2) is 0 Å². The Hall–Kier alpha value is -3.33. The van der Waals surface area contributed by atoms with Crippen LogP contribution in [0, 0.1) is 0 Å². The quantitative estimate of drug-likeness (QED) is 0.294. The van der Waals surface area contributed by atoms with Crippen molar-refractivity contribution in [3.05, 3.63) is 99.4 Å². The molecule has 1 saturated heterocycles. The topological polar surface area (TPSA) is 67.9 Å². The van der Waals surface area contributed by atoms with Gasteiger partial charge in [0.25, 0.3) is 11.8 Å². The van der Waals surface area contributed by atoms with Crippen LogP contribution in [0.4, 0.5) is 0 Å². The first-order valence-corrected chi connectivity index (χ1v) is 12.3. The van der Waals surface area contributed by atoms with Crippen LogP contribution < -0.4 is 14.9 Å². The molecule has 35 heavy (non-hydrogen) atoms. The molecule has 0 atom stereocenters. The molecular formula is C26H21ClN2O4S2. The van der Waals surface area contributed by atoms with Gasteiger partial charge in [0.1, 0.15) is 6.61 Å². The van der Waals surface area contributed by atoms with E-state index < -0.39 is 11.8 Å². The Kier molecular flexibility index (Phi) is 8.07. The summed E-state index contributed by atoms with van der Waals surface area (Å²) in [6, 6.07) is 21.5. The molecule has 0 aliphatic carbocycles. The second-order valence-electron chi connectivity index (χ2n) is 7.38. The Morgan fingerprint density at radius 2 is 1.80 bits per heavy atom. The fraction of sp³-hybridized carbons (Fsp3) is 0.115. The maximum absolute atomic E-state index is 12.9. The van der Waals surface area contributed by atoms with E-state index in [1.807, 2.05) is 43.3 Å². The number of ether oxygens (including phenoxy) is 2. The van der Waals surface area contributed by atoms with Crippen molar-refractivity contribution in [3.8, 4) is 11.5 Å². The lowest BCUT2D eigenvalue weighted by atomic mass is 10.1. The molecule has 0 aromatic heterocycles. The number of rotatable bonds is 8. The zero-order valence-corrected chi connectivity index (χ0v) is 21.1. The number of carbonyl (C=O) groups is 2. The van der Waals surface area contributed by atoms with E-state index in [1.54, 1.807) is 42.5 Å². The molecule has 2 amide bonds. The lowest BCUT2D eigenvalue weighted by molar-refractivity contribution is -0.123. The molecule has 0 unspecified atom stereocenters. The Labute approximate surface area is 217 Å². The third-order valence-corrected chi connectivity index (χ3v) is 6.47. The highest BCUT2D eigenvalue weighted by Gasteiger charge is 2.33. The van der Waals surface area contributed by atoms with Crippen molar-refractivity contribution >= 4 is 57.8 Å². The summed E-state index contributed by atoms with van der Waals surface area (Å²) < 4.78 is 12.0. The van der Waals surface area contributed by atoms with Crippen molar-refractivity contribution in [3.63, 3.8) is 0 Å². The van der Waals surface area contributed by atoms with Crippen molar-refractivity contribution in [2.75, 3.05) is 6.61 Å². The molecule has 9 heteroatoms. The van der Waals surface area contributed by atoms with Gasteiger partial charge in [0, 0.05) is 10.6 Å². The van der Waals surface area contributed by atoms with E-state index in [4.69, 9.17) is 33.3 Å². The van der Waals surface area contributed by atoms with Crippen molar-refractivity contribution in [2.45, 2.75) is 13.5 Å². The van der Waals surface area contributed by atoms with Gasteiger partial charge in [0.05, 0.1) is 11.5 Å². The Balaban J connectivity index is 1.48. The molecule has 1 N–H and O–H groups in total. The number of nitrogens with one attached hydrogen (secondary N) is 1. The van der Waals surface area contributed by atoms with Crippen LogP contribution in [-0.2, 0) is 11.4 Å². The smallest absolute Gasteiger partial charge is 0.285 e. The molecule has 6 nitrogen and oxygen atoms in total. The van der Waals surface area contributed by atoms with E-state index in [2.05, 4.69) is 5.43 Å². The van der Waals surface area contributed by atoms with Gasteiger partial charge in [-0.05, 0) is 72.7 Å². The summed E-state index contributed by atoms with van der Waals surface area (Å²) in [5, 5.41) is 1.76. The maximum atomic E-state index is 12.9. The standard InChI is InChI=1S/C26H21ClN2O4S2/c1-2-32-22-14-18(10-13-21(22)33-16-17-8-11-20(27)12-9-17)15-23-25(31)29(26(34)35-23)28-24(30)19-6-4-3-5-7-19/h3-15H,2,16H2,1H3,(H,28,30)/b23-15-. The molecule has 0 radical (unpaired) electrons. The Bertz CT molecular complexity index is 1280. The molecule has 0 saturated carbocycles. The van der Waals surface area contributed by atoms with Crippen LogP contribution in [-0.4, -0.2) is 27.8 Å². The zero-order chi connectivity index (χ0) is 24.8. The molecule has 1 heterocycles. The molecule has 0 bridgehead atoms. The lowest BCUT2D eigenvalue weighted by Crippen LogP contribution is -2.44. The summed E-state index contributed by atoms with van der Waals surface area (Å²) in [6.45, 7) is 2.70. The number of hydrazine groups is 1. The van der Waals surface area contributed by atoms with Crippen LogP contribution in [0.25, 0.3) is 6.08 Å². The van der Waals surface area contributed by atoms with E-state index in [-0.39, 0.29) is 4.32 Å². The number of nitrogens with zero attached hydrogens (tertiary/aromatic N) is 1. The molecule has 4 rings (SSSR count). The van der Waals surface area contributed by atoms with Crippen molar-refractivity contribution in [2.24, 2.45) is 0 Å². The molecular weight excluding hydrogens is 504 g/mol. The van der Waals surface area contributed by atoms with Crippen molar-refractivity contribution in [1.82, 2.24) is 10.4 Å². The lowest BCUT2D eigenvalue weighted by Gasteiger charge is -2.15. The predicted octanol–water partition coefficient (Wildman–Crippen LogP) is 5.86. The molecule has 1 fully saturated rings. The summed E-state index contributed by atoms with van der Waals surface area (Å²) >= 11 is 12.4. The van der Waals surface area contributed by atoms with Crippen LogP contribution in [0.3, 0.4) is 0 Å². The van der Waals surface area contributed by atoms with Gasteiger partial charge in [0.2, 0.25) is 0 Å². The van der Waals surface area contributed by atoms with Gasteiger partial charge < -0.3 is 9.47 Å². The Morgan fingerprint density at radius 3 is 2.51 bits per heavy atom. The van der Waals surface area contributed by atoms with E-state index in [9.17, 15) is 9.59 Å². The molecule has 0 spiro atoms. The number of amides is 2. The summed E-state index contributed by atoms with van der Waals surface area (Å²) in [5.74, 6) is 0.332. The summed E-state index contributed by atoms with van der Waals surface area (Å²) in [7, 11) is 0. The highest BCUT2D eigenvalue weighted by atomic mass is 35.5. The first-order valence-electron chi connectivity index (χ1n) is 10.7. The predicted molar refractivity (Wildman–Crippen MR) is 142 cm³/mol. The number of hydrogen-bond acceptors (Lipinski definition) is 6. The van der Waals surface area contributed by atoms with Gasteiger partial charge in [-0.1, -0.05) is 59.8 Å². The summed E-state index contributed by atoms with van der Waals surface area (Å²) in [4.78, 5) is 25.8. The fourth-order valence-corrected chi connectivity index (χ4v) is 4.52. The van der Waals surface area contributed by atoms with E-state index in [1.165, 1.54) is 0 Å². The van der Waals surface area contributed by atoms with Crippen LogP contribution >= 0.6 is 35.6 Å². The highest BCUT2D eigenvalue weighted by Crippen LogP contribution is 2.34. The minimum Gasteiger partial charge on any atom is -0.490 e. The van der Waals surface area contributed by atoms with Gasteiger partial charge in [0.15, 0.2) is 15.8 Å². The second kappa shape index (κ2) is 11.4. The normalized spacial score (nSPS) is 14.3. The van der Waals surface area contributed by atoms with Gasteiger partial charge in [-0.3, -0.25) is 15.0 Å². The van der Waals surface area contributed by atoms with Gasteiger partial charge in [-0.15, -0.1) is 0 Å². The minimum atomic E-state index is -0.413. The zero-order valence-electron chi connectivity index (χ0n) is 18.7. The van der Waals surface area contributed by atoms with E-state index >= 15 is 0 Å². The maximum Gasteiger partial charge on any atom is 0.285 e. The number of thiocarbonyl (C=S) groups is 1. The summed E-state index contributed by atoms with van der Waals surface area (Å²) in [6.07, 6.45) is 1.71. The minimum absolute atomic E-state index is 0.249. The number of carbonyl (C=O) groups excluding carboxylic acids is 2. The van der Waals surface area contributed by atoms with E-state index in [0.29, 0.717) is 40.2 Å². The fourth-order valence-electron chi connectivity index (χ4n) is 3.21.